The Hall–Kier alpha value is -2.81. The summed E-state index contributed by atoms with van der Waals surface area (Å²) in [4.78, 5) is 49.8. The molecule has 0 heterocycles. The minimum Gasteiger partial charge on any atom is -0.460 e. The van der Waals surface area contributed by atoms with E-state index in [1.165, 1.54) is 31.2 Å². The first kappa shape index (κ1) is 25.5. The number of carbonyl (C=O) groups is 3. The number of carbonyl (C=O) groups excluding carboxylic acids is 3. The van der Waals surface area contributed by atoms with Gasteiger partial charge >= 0.3 is 11.9 Å². The Labute approximate surface area is 187 Å². The van der Waals surface area contributed by atoms with E-state index in [2.05, 4.69) is 0 Å². The van der Waals surface area contributed by atoms with E-state index in [-0.39, 0.29) is 5.69 Å². The van der Waals surface area contributed by atoms with E-state index in [1.807, 2.05) is 0 Å². The number of nitro groups is 1. The van der Waals surface area contributed by atoms with Gasteiger partial charge in [0.15, 0.2) is 5.78 Å². The number of ether oxygens (including phenoxy) is 2. The van der Waals surface area contributed by atoms with Crippen LogP contribution in [-0.4, -0.2) is 44.6 Å². The molecule has 1 aromatic carbocycles. The summed E-state index contributed by atoms with van der Waals surface area (Å²) >= 11 is 0. The molecule has 0 saturated heterocycles. The molecule has 0 radical (unpaired) electrons. The molecule has 0 unspecified atom stereocenters. The van der Waals surface area contributed by atoms with Crippen LogP contribution in [0.5, 0.6) is 0 Å². The average molecular weight is 450 g/mol. The fourth-order valence-corrected chi connectivity index (χ4v) is 3.96. The largest absolute Gasteiger partial charge is 0.460 e. The molecule has 0 aliphatic heterocycles. The zero-order valence-electron chi connectivity index (χ0n) is 19.5. The summed E-state index contributed by atoms with van der Waals surface area (Å²) in [5.41, 5.74) is -3.44. The van der Waals surface area contributed by atoms with Crippen LogP contribution in [0.15, 0.2) is 24.3 Å². The standard InChI is InChI=1S/C23H31NO8/c1-21(2,3)31-19(26)17-15(25)12-23(7,28)18(20(27)32-22(4,5)6)16(17)13-8-10-14(11-9-13)24(29)30/h8-11,16-18,28H,12H2,1-7H3/t16-,17+,18+,23-/m0/s1. The van der Waals surface area contributed by atoms with Crippen LogP contribution in [0.2, 0.25) is 0 Å². The third-order valence-electron chi connectivity index (χ3n) is 5.08. The van der Waals surface area contributed by atoms with Gasteiger partial charge in [-0.25, -0.2) is 0 Å². The maximum atomic E-state index is 13.2. The fraction of sp³-hybridized carbons (Fsp3) is 0.609. The Bertz CT molecular complexity index is 905. The molecule has 0 spiro atoms. The van der Waals surface area contributed by atoms with Crippen LogP contribution in [-0.2, 0) is 23.9 Å². The number of rotatable bonds is 4. The highest BCUT2D eigenvalue weighted by atomic mass is 16.6. The Balaban J connectivity index is 2.66. The summed E-state index contributed by atoms with van der Waals surface area (Å²) in [6.45, 7) is 11.3. The molecule has 32 heavy (non-hydrogen) atoms. The van der Waals surface area contributed by atoms with Crippen molar-refractivity contribution in [2.75, 3.05) is 0 Å². The van der Waals surface area contributed by atoms with Crippen molar-refractivity contribution >= 4 is 23.4 Å². The van der Waals surface area contributed by atoms with Crippen molar-refractivity contribution in [3.63, 3.8) is 0 Å². The fourth-order valence-electron chi connectivity index (χ4n) is 3.96. The topological polar surface area (TPSA) is 133 Å². The van der Waals surface area contributed by atoms with Crippen LogP contribution in [0.25, 0.3) is 0 Å². The summed E-state index contributed by atoms with van der Waals surface area (Å²) in [7, 11) is 0. The van der Waals surface area contributed by atoms with Gasteiger partial charge in [0.25, 0.3) is 5.69 Å². The van der Waals surface area contributed by atoms with Crippen LogP contribution < -0.4 is 0 Å². The van der Waals surface area contributed by atoms with Crippen LogP contribution in [0.3, 0.4) is 0 Å². The molecule has 1 aromatic rings. The first-order valence-electron chi connectivity index (χ1n) is 10.4. The molecule has 1 aliphatic rings. The lowest BCUT2D eigenvalue weighted by atomic mass is 9.61. The van der Waals surface area contributed by atoms with Gasteiger partial charge in [-0.3, -0.25) is 24.5 Å². The lowest BCUT2D eigenvalue weighted by molar-refractivity contribution is -0.384. The molecule has 1 aliphatic carbocycles. The van der Waals surface area contributed by atoms with E-state index in [9.17, 15) is 29.6 Å². The zero-order chi connectivity index (χ0) is 24.6. The van der Waals surface area contributed by atoms with Crippen LogP contribution in [0.1, 0.15) is 66.4 Å². The van der Waals surface area contributed by atoms with Crippen LogP contribution in [0, 0.1) is 22.0 Å². The second-order valence-electron chi connectivity index (χ2n) is 10.4. The van der Waals surface area contributed by atoms with E-state index < -0.39 is 63.6 Å². The highest BCUT2D eigenvalue weighted by Crippen LogP contribution is 2.47. The van der Waals surface area contributed by atoms with Crippen LogP contribution in [0.4, 0.5) is 5.69 Å². The van der Waals surface area contributed by atoms with Gasteiger partial charge in [-0.1, -0.05) is 12.1 Å². The van der Waals surface area contributed by atoms with Crippen molar-refractivity contribution < 1.29 is 33.9 Å². The number of nitrogens with zero attached hydrogens (tertiary/aromatic N) is 1. The third kappa shape index (κ3) is 5.91. The first-order chi connectivity index (χ1) is 14.4. The molecule has 2 rings (SSSR count). The molecular formula is C23H31NO8. The van der Waals surface area contributed by atoms with Gasteiger partial charge in [0, 0.05) is 24.5 Å². The van der Waals surface area contributed by atoms with Crippen molar-refractivity contribution in [1.29, 1.82) is 0 Å². The number of aliphatic hydroxyl groups is 1. The minimum atomic E-state index is -1.80. The van der Waals surface area contributed by atoms with E-state index in [0.29, 0.717) is 5.56 Å². The van der Waals surface area contributed by atoms with E-state index in [4.69, 9.17) is 9.47 Å². The maximum Gasteiger partial charge on any atom is 0.317 e. The van der Waals surface area contributed by atoms with Crippen molar-refractivity contribution in [3.05, 3.63) is 39.9 Å². The number of hydrogen-bond donors (Lipinski definition) is 1. The highest BCUT2D eigenvalue weighted by molar-refractivity contribution is 6.03. The van der Waals surface area contributed by atoms with Crippen molar-refractivity contribution in [3.8, 4) is 0 Å². The first-order valence-corrected chi connectivity index (χ1v) is 10.4. The number of ketones is 1. The number of esters is 2. The molecule has 176 valence electrons. The van der Waals surface area contributed by atoms with E-state index >= 15 is 0 Å². The number of benzene rings is 1. The smallest absolute Gasteiger partial charge is 0.317 e. The molecule has 1 saturated carbocycles. The van der Waals surface area contributed by atoms with Gasteiger partial charge in [0.05, 0.1) is 16.4 Å². The van der Waals surface area contributed by atoms with Crippen molar-refractivity contribution in [2.24, 2.45) is 11.8 Å². The SMILES string of the molecule is CC(C)(C)OC(=O)[C@@H]1C(=O)C[C@](C)(O)[C@@H](C(=O)OC(C)(C)C)[C@H]1c1ccc([N+](=O)[O-])cc1. The summed E-state index contributed by atoms with van der Waals surface area (Å²) < 4.78 is 11.0. The van der Waals surface area contributed by atoms with Gasteiger partial charge in [0.1, 0.15) is 17.1 Å². The Kier molecular flexibility index (Phi) is 6.85. The highest BCUT2D eigenvalue weighted by Gasteiger charge is 2.57. The normalized spacial score (nSPS) is 26.4. The Morgan fingerprint density at radius 2 is 1.50 bits per heavy atom. The predicted molar refractivity (Wildman–Crippen MR) is 115 cm³/mol. The van der Waals surface area contributed by atoms with Gasteiger partial charge < -0.3 is 14.6 Å². The summed E-state index contributed by atoms with van der Waals surface area (Å²) in [6, 6.07) is 5.21. The van der Waals surface area contributed by atoms with Crippen molar-refractivity contribution in [1.82, 2.24) is 0 Å². The molecule has 0 aromatic heterocycles. The summed E-state index contributed by atoms with van der Waals surface area (Å²) in [5, 5.41) is 22.2. The lowest BCUT2D eigenvalue weighted by Crippen LogP contribution is -2.56. The molecule has 1 N–H and O–H groups in total. The predicted octanol–water partition coefficient (Wildman–Crippen LogP) is 3.32. The number of hydrogen-bond acceptors (Lipinski definition) is 8. The third-order valence-corrected chi connectivity index (χ3v) is 5.08. The second kappa shape index (κ2) is 8.61. The maximum absolute atomic E-state index is 13.2. The molecule has 1 fully saturated rings. The van der Waals surface area contributed by atoms with Crippen molar-refractivity contribution in [2.45, 2.75) is 77.6 Å². The Morgan fingerprint density at radius 3 is 1.94 bits per heavy atom. The van der Waals surface area contributed by atoms with E-state index in [1.54, 1.807) is 41.5 Å². The number of Topliss-reactive ketones (excluding diaryl/α,β-unsaturated/α-hetero) is 1. The molecule has 9 nitrogen and oxygen atoms in total. The lowest BCUT2D eigenvalue weighted by Gasteiger charge is -2.44. The minimum absolute atomic E-state index is 0.190. The summed E-state index contributed by atoms with van der Waals surface area (Å²) in [6.07, 6.45) is -0.440. The van der Waals surface area contributed by atoms with Gasteiger partial charge in [-0.2, -0.15) is 0 Å². The average Bonchev–Trinajstić information content (AvgIpc) is 2.56. The Morgan fingerprint density at radius 1 is 1.03 bits per heavy atom. The van der Waals surface area contributed by atoms with Gasteiger partial charge in [-0.05, 0) is 54.0 Å². The van der Waals surface area contributed by atoms with Crippen LogP contribution >= 0.6 is 0 Å². The molecule has 0 amide bonds. The molecule has 0 bridgehead atoms. The monoisotopic (exact) mass is 449 g/mol. The number of non-ortho nitro benzene ring substituents is 1. The van der Waals surface area contributed by atoms with Gasteiger partial charge in [0.2, 0.25) is 0 Å². The number of nitro benzene ring substituents is 1. The second-order valence-corrected chi connectivity index (χ2v) is 10.4. The zero-order valence-corrected chi connectivity index (χ0v) is 19.5. The summed E-state index contributed by atoms with van der Waals surface area (Å²) in [5.74, 6) is -5.96. The van der Waals surface area contributed by atoms with Gasteiger partial charge in [-0.15, -0.1) is 0 Å². The molecule has 9 heteroatoms. The molecule has 4 atom stereocenters. The quantitative estimate of drug-likeness (QED) is 0.320. The molecular weight excluding hydrogens is 418 g/mol. The van der Waals surface area contributed by atoms with E-state index in [0.717, 1.165) is 0 Å².